The summed E-state index contributed by atoms with van der Waals surface area (Å²) in [6.45, 7) is 0.629. The molecule has 0 unspecified atom stereocenters. The Hall–Kier alpha value is -1.92. The van der Waals surface area contributed by atoms with E-state index in [1.54, 1.807) is 11.3 Å². The fourth-order valence-electron chi connectivity index (χ4n) is 1.95. The van der Waals surface area contributed by atoms with Crippen molar-refractivity contribution in [1.29, 1.82) is 0 Å². The molecular weight excluding hydrogens is 364 g/mol. The highest BCUT2D eigenvalue weighted by Crippen LogP contribution is 2.25. The molecule has 0 spiro atoms. The van der Waals surface area contributed by atoms with Crippen LogP contribution in [0.1, 0.15) is 10.6 Å². The van der Waals surface area contributed by atoms with Crippen LogP contribution in [0, 0.1) is 0 Å². The zero-order valence-electron chi connectivity index (χ0n) is 11.6. The zero-order chi connectivity index (χ0) is 15.4. The summed E-state index contributed by atoms with van der Waals surface area (Å²) in [4.78, 5) is 16.2. The van der Waals surface area contributed by atoms with E-state index in [0.29, 0.717) is 6.54 Å². The van der Waals surface area contributed by atoms with Gasteiger partial charge in [0.25, 0.3) is 0 Å². The van der Waals surface area contributed by atoms with Crippen molar-refractivity contribution in [3.8, 4) is 0 Å². The molecule has 0 saturated carbocycles. The van der Waals surface area contributed by atoms with Crippen LogP contribution in [0.5, 0.6) is 0 Å². The molecule has 112 valence electrons. The average molecular weight is 377 g/mol. The zero-order valence-corrected chi connectivity index (χ0v) is 14.0. The van der Waals surface area contributed by atoms with Gasteiger partial charge < -0.3 is 10.1 Å². The van der Waals surface area contributed by atoms with Crippen molar-refractivity contribution in [2.75, 3.05) is 0 Å². The number of hydrogen-bond donors (Lipinski definition) is 1. The Kier molecular flexibility index (Phi) is 4.70. The van der Waals surface area contributed by atoms with Crippen molar-refractivity contribution in [2.45, 2.75) is 13.2 Å². The quantitative estimate of drug-likeness (QED) is 0.729. The third kappa shape index (κ3) is 3.84. The molecule has 0 bridgehead atoms. The molecule has 1 aromatic heterocycles. The number of fused-ring (bicyclic) bond motifs is 1. The minimum atomic E-state index is -0.440. The van der Waals surface area contributed by atoms with Crippen molar-refractivity contribution in [1.82, 2.24) is 10.3 Å². The lowest BCUT2D eigenvalue weighted by molar-refractivity contribution is 0.139. The lowest BCUT2D eigenvalue weighted by Crippen LogP contribution is -2.23. The predicted octanol–water partition coefficient (Wildman–Crippen LogP) is 4.49. The molecule has 0 atom stereocenters. The van der Waals surface area contributed by atoms with Gasteiger partial charge in [-0.1, -0.05) is 46.3 Å². The molecule has 0 aliphatic rings. The summed E-state index contributed by atoms with van der Waals surface area (Å²) in [5, 5.41) is 3.57. The number of alkyl carbamates (subject to hydrolysis) is 1. The van der Waals surface area contributed by atoms with Crippen molar-refractivity contribution in [3.63, 3.8) is 0 Å². The summed E-state index contributed by atoms with van der Waals surface area (Å²) < 4.78 is 7.25. The van der Waals surface area contributed by atoms with Crippen LogP contribution in [0.2, 0.25) is 0 Å². The first kappa shape index (κ1) is 15.0. The van der Waals surface area contributed by atoms with Gasteiger partial charge in [-0.05, 0) is 23.8 Å². The lowest BCUT2D eigenvalue weighted by atomic mass is 10.2. The number of carbonyl (C=O) groups excluding carboxylic acids is 1. The Labute approximate surface area is 140 Å². The molecule has 0 aliphatic carbocycles. The van der Waals surface area contributed by atoms with Crippen LogP contribution in [0.25, 0.3) is 10.2 Å². The van der Waals surface area contributed by atoms with Crippen LogP contribution in [0.15, 0.2) is 53.0 Å². The van der Waals surface area contributed by atoms with Crippen LogP contribution in [0.3, 0.4) is 0 Å². The van der Waals surface area contributed by atoms with Gasteiger partial charge >= 0.3 is 6.09 Å². The maximum absolute atomic E-state index is 11.7. The van der Waals surface area contributed by atoms with Gasteiger partial charge in [0.15, 0.2) is 0 Å². The molecule has 1 amide bonds. The molecule has 22 heavy (non-hydrogen) atoms. The summed E-state index contributed by atoms with van der Waals surface area (Å²) in [5.41, 5.74) is 1.89. The van der Waals surface area contributed by atoms with Gasteiger partial charge in [0, 0.05) is 4.47 Å². The third-order valence-electron chi connectivity index (χ3n) is 2.99. The molecule has 0 fully saturated rings. The van der Waals surface area contributed by atoms with E-state index in [1.165, 1.54) is 0 Å². The summed E-state index contributed by atoms with van der Waals surface area (Å²) in [5.74, 6) is 0. The van der Waals surface area contributed by atoms with Gasteiger partial charge in [0.05, 0.1) is 16.8 Å². The summed E-state index contributed by atoms with van der Waals surface area (Å²) >= 11 is 4.98. The van der Waals surface area contributed by atoms with Crippen LogP contribution in [-0.4, -0.2) is 11.1 Å². The number of aromatic nitrogens is 1. The van der Waals surface area contributed by atoms with Gasteiger partial charge in [0.1, 0.15) is 11.6 Å². The number of nitrogens with one attached hydrogen (secondary N) is 1. The Balaban J connectivity index is 1.53. The molecule has 0 aliphatic heterocycles. The number of rotatable bonds is 4. The highest BCUT2D eigenvalue weighted by atomic mass is 79.9. The highest BCUT2D eigenvalue weighted by Gasteiger charge is 2.07. The molecule has 4 nitrogen and oxygen atoms in total. The van der Waals surface area contributed by atoms with Crippen LogP contribution in [0.4, 0.5) is 4.79 Å². The van der Waals surface area contributed by atoms with Crippen molar-refractivity contribution < 1.29 is 9.53 Å². The predicted molar refractivity (Wildman–Crippen MR) is 90.8 cm³/mol. The van der Waals surface area contributed by atoms with E-state index in [9.17, 15) is 4.79 Å². The summed E-state index contributed by atoms with van der Waals surface area (Å²) in [7, 11) is 0. The summed E-state index contributed by atoms with van der Waals surface area (Å²) in [6, 6.07) is 15.5. The number of carbonyl (C=O) groups is 1. The van der Waals surface area contributed by atoms with Crippen LogP contribution in [-0.2, 0) is 17.9 Å². The molecule has 0 radical (unpaired) electrons. The molecule has 1 N–H and O–H groups in total. The Morgan fingerprint density at radius 2 is 2.05 bits per heavy atom. The van der Waals surface area contributed by atoms with Gasteiger partial charge in [-0.2, -0.15) is 0 Å². The number of halogens is 1. The van der Waals surface area contributed by atoms with E-state index in [0.717, 1.165) is 25.3 Å². The molecule has 3 rings (SSSR count). The van der Waals surface area contributed by atoms with Crippen molar-refractivity contribution in [3.05, 3.63) is 63.6 Å². The number of benzene rings is 2. The normalized spacial score (nSPS) is 10.6. The molecule has 3 aromatic rings. The van der Waals surface area contributed by atoms with E-state index >= 15 is 0 Å². The topological polar surface area (TPSA) is 51.2 Å². The standard InChI is InChI=1S/C16H13BrN2O2S/c17-12-6-7-14-13(8-12)19-15(22-14)9-18-16(20)21-10-11-4-2-1-3-5-11/h1-8H,9-10H2,(H,18,20). The minimum absolute atomic E-state index is 0.263. The number of nitrogens with zero attached hydrogens (tertiary/aromatic N) is 1. The average Bonchev–Trinajstić information content (AvgIpc) is 2.94. The maximum Gasteiger partial charge on any atom is 0.407 e. The van der Waals surface area contributed by atoms with E-state index < -0.39 is 6.09 Å². The second kappa shape index (κ2) is 6.89. The van der Waals surface area contributed by atoms with Crippen molar-refractivity contribution >= 4 is 43.6 Å². The first-order valence-corrected chi connectivity index (χ1v) is 8.31. The Morgan fingerprint density at radius 1 is 1.23 bits per heavy atom. The number of hydrogen-bond acceptors (Lipinski definition) is 4. The maximum atomic E-state index is 11.7. The second-order valence-corrected chi connectivity index (χ2v) is 6.67. The van der Waals surface area contributed by atoms with Gasteiger partial charge in [0.2, 0.25) is 0 Å². The molecular formula is C16H13BrN2O2S. The molecule has 6 heteroatoms. The fourth-order valence-corrected chi connectivity index (χ4v) is 3.18. The molecule has 1 heterocycles. The van der Waals surface area contributed by atoms with Gasteiger partial charge in [-0.25, -0.2) is 9.78 Å². The second-order valence-electron chi connectivity index (χ2n) is 4.63. The summed E-state index contributed by atoms with van der Waals surface area (Å²) in [6.07, 6.45) is -0.440. The van der Waals surface area contributed by atoms with E-state index in [-0.39, 0.29) is 6.61 Å². The van der Waals surface area contributed by atoms with E-state index in [2.05, 4.69) is 26.2 Å². The molecule has 2 aromatic carbocycles. The third-order valence-corrected chi connectivity index (χ3v) is 4.52. The first-order chi connectivity index (χ1) is 10.7. The number of thiazole rings is 1. The van der Waals surface area contributed by atoms with Crippen molar-refractivity contribution in [2.24, 2.45) is 0 Å². The number of amides is 1. The number of ether oxygens (including phenoxy) is 1. The molecule has 0 saturated heterocycles. The van der Waals surface area contributed by atoms with Crippen LogP contribution < -0.4 is 5.32 Å². The first-order valence-electron chi connectivity index (χ1n) is 6.70. The van der Waals surface area contributed by atoms with Gasteiger partial charge in [-0.3, -0.25) is 0 Å². The monoisotopic (exact) mass is 376 g/mol. The Bertz CT molecular complexity index is 789. The lowest BCUT2D eigenvalue weighted by Gasteiger charge is -2.05. The van der Waals surface area contributed by atoms with Crippen LogP contribution >= 0.6 is 27.3 Å². The van der Waals surface area contributed by atoms with E-state index in [4.69, 9.17) is 4.74 Å². The SMILES string of the molecule is O=C(NCc1nc2cc(Br)ccc2s1)OCc1ccccc1. The minimum Gasteiger partial charge on any atom is -0.445 e. The smallest absolute Gasteiger partial charge is 0.407 e. The van der Waals surface area contributed by atoms with E-state index in [1.807, 2.05) is 48.5 Å². The fraction of sp³-hybridized carbons (Fsp3) is 0.125. The Morgan fingerprint density at radius 3 is 2.86 bits per heavy atom. The van der Waals surface area contributed by atoms with Gasteiger partial charge in [-0.15, -0.1) is 11.3 Å². The largest absolute Gasteiger partial charge is 0.445 e. The highest BCUT2D eigenvalue weighted by molar-refractivity contribution is 9.10.